The molecule has 132 valence electrons. The molecule has 0 saturated carbocycles. The second-order valence-electron chi connectivity index (χ2n) is 5.36. The van der Waals surface area contributed by atoms with Gasteiger partial charge in [0.05, 0.1) is 12.7 Å². The van der Waals surface area contributed by atoms with Crippen LogP contribution >= 0.6 is 0 Å². The van der Waals surface area contributed by atoms with Crippen LogP contribution in [0.4, 0.5) is 14.5 Å². The van der Waals surface area contributed by atoms with Crippen molar-refractivity contribution in [1.29, 1.82) is 0 Å². The first-order chi connectivity index (χ1) is 12.6. The lowest BCUT2D eigenvalue weighted by Gasteiger charge is -2.11. The minimum absolute atomic E-state index is 0.362. The Labute approximate surface area is 149 Å². The van der Waals surface area contributed by atoms with Crippen molar-refractivity contribution in [1.82, 2.24) is 0 Å². The number of rotatable bonds is 5. The van der Waals surface area contributed by atoms with Gasteiger partial charge in [-0.2, -0.15) is 0 Å². The third kappa shape index (κ3) is 3.97. The average molecular weight is 355 g/mol. The molecule has 0 aliphatic carbocycles. The van der Waals surface area contributed by atoms with E-state index in [9.17, 15) is 13.6 Å². The van der Waals surface area contributed by atoms with Gasteiger partial charge >= 0.3 is 0 Å². The fraction of sp³-hybridized carbons (Fsp3) is 0.0500. The van der Waals surface area contributed by atoms with Gasteiger partial charge < -0.3 is 14.8 Å². The quantitative estimate of drug-likeness (QED) is 0.699. The summed E-state index contributed by atoms with van der Waals surface area (Å²) >= 11 is 0. The lowest BCUT2D eigenvalue weighted by atomic mass is 10.2. The Hall–Kier alpha value is -3.41. The zero-order valence-corrected chi connectivity index (χ0v) is 13.8. The number of carbonyl (C=O) groups excluding carboxylic acids is 1. The lowest BCUT2D eigenvalue weighted by Crippen LogP contribution is -2.14. The summed E-state index contributed by atoms with van der Waals surface area (Å²) in [6, 6.07) is 16.4. The smallest absolute Gasteiger partial charge is 0.258 e. The molecule has 0 bridgehead atoms. The molecule has 0 aliphatic heterocycles. The Kier molecular flexibility index (Phi) is 5.12. The number of amides is 1. The second kappa shape index (κ2) is 7.65. The fourth-order valence-electron chi connectivity index (χ4n) is 2.31. The molecule has 6 heteroatoms. The van der Waals surface area contributed by atoms with E-state index in [-0.39, 0.29) is 5.56 Å². The van der Waals surface area contributed by atoms with Gasteiger partial charge in [-0.05, 0) is 54.6 Å². The highest BCUT2D eigenvalue weighted by Gasteiger charge is 2.13. The molecule has 0 unspecified atom stereocenters. The zero-order valence-electron chi connectivity index (χ0n) is 13.8. The number of carbonyl (C=O) groups is 1. The predicted octanol–water partition coefficient (Wildman–Crippen LogP) is 5.02. The summed E-state index contributed by atoms with van der Waals surface area (Å²) in [5.41, 5.74) is 0.0605. The van der Waals surface area contributed by atoms with Crippen LogP contribution in [0.25, 0.3) is 0 Å². The molecule has 0 spiro atoms. The molecule has 0 fully saturated rings. The Morgan fingerprint density at radius 3 is 2.31 bits per heavy atom. The molecule has 0 radical (unpaired) electrons. The molecule has 3 rings (SSSR count). The van der Waals surface area contributed by atoms with Gasteiger partial charge in [-0.3, -0.25) is 4.79 Å². The molecule has 4 nitrogen and oxygen atoms in total. The Balaban J connectivity index is 1.71. The van der Waals surface area contributed by atoms with Crippen molar-refractivity contribution < 1.29 is 23.0 Å². The van der Waals surface area contributed by atoms with E-state index in [2.05, 4.69) is 5.32 Å². The van der Waals surface area contributed by atoms with Gasteiger partial charge in [-0.1, -0.05) is 12.1 Å². The monoisotopic (exact) mass is 355 g/mol. The normalized spacial score (nSPS) is 10.3. The molecule has 1 N–H and O–H groups in total. The molecule has 3 aromatic rings. The van der Waals surface area contributed by atoms with Crippen LogP contribution in [-0.2, 0) is 0 Å². The minimum Gasteiger partial charge on any atom is -0.493 e. The molecule has 0 aromatic heterocycles. The molecule has 3 aromatic carbocycles. The zero-order chi connectivity index (χ0) is 18.5. The van der Waals surface area contributed by atoms with E-state index < -0.39 is 17.5 Å². The van der Waals surface area contributed by atoms with E-state index in [0.29, 0.717) is 22.9 Å². The van der Waals surface area contributed by atoms with Crippen LogP contribution < -0.4 is 14.8 Å². The van der Waals surface area contributed by atoms with Gasteiger partial charge in [0.25, 0.3) is 5.91 Å². The molecule has 0 heterocycles. The summed E-state index contributed by atoms with van der Waals surface area (Å²) in [5, 5.41) is 2.51. The number of nitrogens with one attached hydrogen (secondary N) is 1. The molecule has 0 atom stereocenters. The molecule has 26 heavy (non-hydrogen) atoms. The number of anilines is 1. The van der Waals surface area contributed by atoms with Crippen molar-refractivity contribution in [2.45, 2.75) is 0 Å². The van der Waals surface area contributed by atoms with Crippen molar-refractivity contribution in [3.8, 4) is 17.2 Å². The van der Waals surface area contributed by atoms with Crippen molar-refractivity contribution in [3.05, 3.63) is 83.9 Å². The largest absolute Gasteiger partial charge is 0.493 e. The molecule has 0 aliphatic rings. The van der Waals surface area contributed by atoms with E-state index >= 15 is 0 Å². The molecule has 1 amide bonds. The highest BCUT2D eigenvalue weighted by Crippen LogP contribution is 2.31. The highest BCUT2D eigenvalue weighted by molar-refractivity contribution is 6.04. The van der Waals surface area contributed by atoms with Crippen LogP contribution in [-0.4, -0.2) is 13.0 Å². The second-order valence-corrected chi connectivity index (χ2v) is 5.36. The van der Waals surface area contributed by atoms with Crippen LogP contribution in [0, 0.1) is 11.6 Å². The topological polar surface area (TPSA) is 47.6 Å². The number of hydrogen-bond donors (Lipinski definition) is 1. The van der Waals surface area contributed by atoms with Gasteiger partial charge in [0.1, 0.15) is 17.4 Å². The fourth-order valence-corrected chi connectivity index (χ4v) is 2.31. The van der Waals surface area contributed by atoms with E-state index in [1.807, 2.05) is 12.1 Å². The molecule has 0 saturated heterocycles. The maximum absolute atomic E-state index is 13.6. The molecular weight excluding hydrogens is 340 g/mol. The number of benzene rings is 3. The maximum Gasteiger partial charge on any atom is 0.258 e. The van der Waals surface area contributed by atoms with E-state index in [1.54, 1.807) is 43.5 Å². The number of halogens is 2. The summed E-state index contributed by atoms with van der Waals surface area (Å²) in [6.45, 7) is 0. The van der Waals surface area contributed by atoms with E-state index in [1.165, 1.54) is 0 Å². The minimum atomic E-state index is -0.792. The van der Waals surface area contributed by atoms with Crippen LogP contribution in [0.1, 0.15) is 10.4 Å². The predicted molar refractivity (Wildman–Crippen MR) is 93.8 cm³/mol. The van der Waals surface area contributed by atoms with Crippen molar-refractivity contribution >= 4 is 11.6 Å². The Bertz CT molecular complexity index is 927. The first-order valence-corrected chi connectivity index (χ1v) is 7.74. The van der Waals surface area contributed by atoms with Crippen molar-refractivity contribution in [3.63, 3.8) is 0 Å². The summed E-state index contributed by atoms with van der Waals surface area (Å²) < 4.78 is 37.8. The van der Waals surface area contributed by atoms with Crippen LogP contribution in [0.15, 0.2) is 66.7 Å². The van der Waals surface area contributed by atoms with Crippen LogP contribution in [0.5, 0.6) is 17.2 Å². The Morgan fingerprint density at radius 2 is 1.62 bits per heavy atom. The van der Waals surface area contributed by atoms with Gasteiger partial charge in [0.15, 0.2) is 11.5 Å². The summed E-state index contributed by atoms with van der Waals surface area (Å²) in [4.78, 5) is 12.1. The first kappa shape index (κ1) is 17.4. The summed E-state index contributed by atoms with van der Waals surface area (Å²) in [5.74, 6) is -0.540. The first-order valence-electron chi connectivity index (χ1n) is 7.74. The SMILES string of the molecule is COc1ccccc1Oc1ccc(NC(=O)c2cc(F)ccc2F)cc1. The van der Waals surface area contributed by atoms with Crippen molar-refractivity contribution in [2.24, 2.45) is 0 Å². The van der Waals surface area contributed by atoms with Gasteiger partial charge in [-0.25, -0.2) is 8.78 Å². The van der Waals surface area contributed by atoms with Gasteiger partial charge in [0.2, 0.25) is 0 Å². The number of hydrogen-bond acceptors (Lipinski definition) is 3. The number of para-hydroxylation sites is 2. The van der Waals surface area contributed by atoms with E-state index in [0.717, 1.165) is 18.2 Å². The van der Waals surface area contributed by atoms with E-state index in [4.69, 9.17) is 9.47 Å². The third-order valence-corrected chi connectivity index (χ3v) is 3.58. The number of ether oxygens (including phenoxy) is 2. The summed E-state index contributed by atoms with van der Waals surface area (Å²) in [7, 11) is 1.55. The maximum atomic E-state index is 13.6. The average Bonchev–Trinajstić information content (AvgIpc) is 2.65. The van der Waals surface area contributed by atoms with Gasteiger partial charge in [-0.15, -0.1) is 0 Å². The summed E-state index contributed by atoms with van der Waals surface area (Å²) in [6.07, 6.45) is 0. The van der Waals surface area contributed by atoms with Gasteiger partial charge in [0, 0.05) is 5.69 Å². The van der Waals surface area contributed by atoms with Crippen LogP contribution in [0.3, 0.4) is 0 Å². The molecular formula is C20H15F2NO3. The third-order valence-electron chi connectivity index (χ3n) is 3.58. The van der Waals surface area contributed by atoms with Crippen LogP contribution in [0.2, 0.25) is 0 Å². The number of methoxy groups -OCH3 is 1. The standard InChI is InChI=1S/C20H15F2NO3/c1-25-18-4-2-3-5-19(18)26-15-9-7-14(8-10-15)23-20(24)16-12-13(21)6-11-17(16)22/h2-12H,1H3,(H,23,24). The highest BCUT2D eigenvalue weighted by atomic mass is 19.1. The Morgan fingerprint density at radius 1 is 0.923 bits per heavy atom. The van der Waals surface area contributed by atoms with Crippen molar-refractivity contribution in [2.75, 3.05) is 12.4 Å². The lowest BCUT2D eigenvalue weighted by molar-refractivity contribution is 0.102.